The van der Waals surface area contributed by atoms with Crippen molar-refractivity contribution < 1.29 is 29.1 Å². The second-order valence-corrected chi connectivity index (χ2v) is 11.0. The summed E-state index contributed by atoms with van der Waals surface area (Å²) in [7, 11) is 2.91. The lowest BCUT2D eigenvalue weighted by atomic mass is 9.42. The van der Waals surface area contributed by atoms with Crippen molar-refractivity contribution in [2.45, 2.75) is 56.1 Å². The third-order valence-corrected chi connectivity index (χ3v) is 8.35. The van der Waals surface area contributed by atoms with E-state index in [0.717, 1.165) is 12.8 Å². The molecule has 0 aliphatic heterocycles. The molecule has 6 atom stereocenters. The van der Waals surface area contributed by atoms with Gasteiger partial charge in [-0.2, -0.15) is 5.26 Å². The number of aromatic hydroxyl groups is 1. The van der Waals surface area contributed by atoms with Crippen LogP contribution in [0.25, 0.3) is 0 Å². The zero-order valence-electron chi connectivity index (χ0n) is 22.0. The van der Waals surface area contributed by atoms with Crippen LogP contribution in [0, 0.1) is 40.4 Å². The number of benzene rings is 1. The second kappa shape index (κ2) is 9.38. The summed E-state index contributed by atoms with van der Waals surface area (Å²) >= 11 is 0. The van der Waals surface area contributed by atoms with Crippen molar-refractivity contribution in [3.8, 4) is 23.7 Å². The number of Topliss-reactive ketones (excluding diaryl/α,β-unsaturated/α-hetero) is 4. The molecule has 0 saturated heterocycles. The number of hydrogen-bond donors (Lipinski definition) is 4. The maximum atomic E-state index is 14.3. The van der Waals surface area contributed by atoms with Crippen LogP contribution in [0.3, 0.4) is 0 Å². The van der Waals surface area contributed by atoms with Crippen LogP contribution >= 0.6 is 0 Å². The topological polar surface area (TPSA) is 211 Å². The van der Waals surface area contributed by atoms with Gasteiger partial charge < -0.3 is 22.3 Å². The number of phenolic OH excluding ortho intramolecular Hbond substituents is 1. The van der Waals surface area contributed by atoms with Crippen LogP contribution in [0.5, 0.6) is 5.75 Å². The molecule has 3 aliphatic rings. The number of hydrogen-bond acceptors (Lipinski definition) is 10. The minimum atomic E-state index is -2.76. The van der Waals surface area contributed by atoms with Crippen LogP contribution < -0.4 is 17.2 Å². The van der Waals surface area contributed by atoms with Gasteiger partial charge in [-0.3, -0.25) is 28.9 Å². The molecule has 4 rings (SSSR count). The van der Waals surface area contributed by atoms with Crippen molar-refractivity contribution in [2.75, 3.05) is 14.1 Å². The predicted octanol–water partition coefficient (Wildman–Crippen LogP) is -0.650. The molecule has 0 aromatic heterocycles. The summed E-state index contributed by atoms with van der Waals surface area (Å²) in [6.07, 6.45) is 1.83. The van der Waals surface area contributed by atoms with Gasteiger partial charge in [0.25, 0.3) is 0 Å². The number of fused-ring (bicyclic) bond motifs is 3. The first kappa shape index (κ1) is 28.1. The molecule has 1 aromatic carbocycles. The van der Waals surface area contributed by atoms with Gasteiger partial charge in [-0.15, -0.1) is 0 Å². The third kappa shape index (κ3) is 3.65. The van der Waals surface area contributed by atoms with E-state index in [0.29, 0.717) is 17.5 Å². The SMILES string of the molecule is CCCCC#Cc1ccc(O)c2c1C[C@@]1(N)C[C@@]3(N)[C@H](N(C)C)C(=O)C(C(N)=O)C(=O)[C@@]3(C#N)C(=O)C1C2=O. The Morgan fingerprint density at radius 1 is 1.18 bits per heavy atom. The molecular formula is C28H31N5O6. The highest BCUT2D eigenvalue weighted by atomic mass is 16.3. The molecule has 39 heavy (non-hydrogen) atoms. The van der Waals surface area contributed by atoms with Gasteiger partial charge >= 0.3 is 0 Å². The molecule has 1 amide bonds. The number of primary amides is 1. The van der Waals surface area contributed by atoms with Gasteiger partial charge in [0.1, 0.15) is 11.7 Å². The smallest absolute Gasteiger partial charge is 0.235 e. The number of likely N-dealkylation sites (N-methyl/N-ethyl adjacent to an activating group) is 1. The molecule has 0 heterocycles. The van der Waals surface area contributed by atoms with E-state index < -0.39 is 75.6 Å². The maximum absolute atomic E-state index is 14.3. The summed E-state index contributed by atoms with van der Waals surface area (Å²) in [5.41, 5.74) is 12.9. The molecule has 2 saturated carbocycles. The summed E-state index contributed by atoms with van der Waals surface area (Å²) < 4.78 is 0. The summed E-state index contributed by atoms with van der Waals surface area (Å²) in [6.45, 7) is 2.03. The monoisotopic (exact) mass is 533 g/mol. The molecule has 11 heteroatoms. The molecule has 7 N–H and O–H groups in total. The Balaban J connectivity index is 1.97. The van der Waals surface area contributed by atoms with Crippen molar-refractivity contribution in [1.29, 1.82) is 5.26 Å². The van der Waals surface area contributed by atoms with Gasteiger partial charge in [-0.05, 0) is 51.1 Å². The van der Waals surface area contributed by atoms with Gasteiger partial charge in [0.15, 0.2) is 34.5 Å². The molecule has 204 valence electrons. The number of carbonyl (C=O) groups is 5. The van der Waals surface area contributed by atoms with E-state index in [1.807, 2.05) is 6.92 Å². The molecule has 2 fully saturated rings. The fourth-order valence-electron chi connectivity index (χ4n) is 6.75. The highest BCUT2D eigenvalue weighted by molar-refractivity contribution is 6.33. The normalized spacial score (nSPS) is 33.4. The van der Waals surface area contributed by atoms with Crippen LogP contribution in [0.1, 0.15) is 54.1 Å². The first-order chi connectivity index (χ1) is 18.2. The van der Waals surface area contributed by atoms with E-state index in [4.69, 9.17) is 17.2 Å². The van der Waals surface area contributed by atoms with Crippen LogP contribution in [0.2, 0.25) is 0 Å². The molecule has 1 aromatic rings. The minimum absolute atomic E-state index is 0.140. The van der Waals surface area contributed by atoms with Gasteiger partial charge in [-0.25, -0.2) is 0 Å². The van der Waals surface area contributed by atoms with Crippen molar-refractivity contribution in [2.24, 2.45) is 34.5 Å². The fraction of sp³-hybridized carbons (Fsp3) is 0.500. The van der Waals surface area contributed by atoms with E-state index >= 15 is 0 Å². The maximum Gasteiger partial charge on any atom is 0.235 e. The lowest BCUT2D eigenvalue weighted by Gasteiger charge is -2.60. The average molecular weight is 534 g/mol. The van der Waals surface area contributed by atoms with E-state index in [9.17, 15) is 34.3 Å². The van der Waals surface area contributed by atoms with Gasteiger partial charge in [0, 0.05) is 17.5 Å². The number of nitrogens with two attached hydrogens (primary N) is 3. The highest BCUT2D eigenvalue weighted by Crippen LogP contribution is 2.56. The highest BCUT2D eigenvalue weighted by Gasteiger charge is 2.78. The average Bonchev–Trinajstić information content (AvgIpc) is 2.81. The summed E-state index contributed by atoms with van der Waals surface area (Å²) in [4.78, 5) is 68.8. The first-order valence-corrected chi connectivity index (χ1v) is 12.7. The van der Waals surface area contributed by atoms with Crippen LogP contribution in [-0.4, -0.2) is 70.3 Å². The van der Waals surface area contributed by atoms with Crippen molar-refractivity contribution >= 4 is 29.0 Å². The largest absolute Gasteiger partial charge is 0.507 e. The second-order valence-electron chi connectivity index (χ2n) is 11.0. The fourth-order valence-corrected chi connectivity index (χ4v) is 6.75. The van der Waals surface area contributed by atoms with E-state index in [-0.39, 0.29) is 12.0 Å². The van der Waals surface area contributed by atoms with Crippen molar-refractivity contribution in [1.82, 2.24) is 4.90 Å². The first-order valence-electron chi connectivity index (χ1n) is 12.7. The van der Waals surface area contributed by atoms with E-state index in [1.54, 1.807) is 12.1 Å². The third-order valence-electron chi connectivity index (χ3n) is 8.35. The molecule has 3 aliphatic carbocycles. The van der Waals surface area contributed by atoms with E-state index in [2.05, 4.69) is 11.8 Å². The Bertz CT molecular complexity index is 1430. The standard InChI is InChI=1S/C28H31N5O6/c1-4-5-6-7-8-14-9-10-16(34)17-15(14)11-26(31)12-28(32)22(33(2)3)21(36)18(25(30)39)23(37)27(28,13-29)24(38)19(26)20(17)35/h9-10,18-19,22,34H,4-6,11-12,31-32H2,1-3H3,(H2,30,39)/t18?,19?,22-,26-,27+,28-/m1/s1. The molecule has 11 nitrogen and oxygen atoms in total. The number of unbranched alkanes of at least 4 members (excludes halogenated alkanes) is 2. The van der Waals surface area contributed by atoms with Crippen molar-refractivity contribution in [3.63, 3.8) is 0 Å². The summed E-state index contributed by atoms with van der Waals surface area (Å²) in [5.74, 6) is -3.89. The Hall–Kier alpha value is -3.90. The number of ketones is 4. The zero-order valence-corrected chi connectivity index (χ0v) is 22.0. The number of phenols is 1. The molecule has 0 spiro atoms. The lowest BCUT2D eigenvalue weighted by molar-refractivity contribution is -0.166. The quantitative estimate of drug-likeness (QED) is 0.218. The number of carbonyl (C=O) groups excluding carboxylic acids is 5. The van der Waals surface area contributed by atoms with Crippen LogP contribution in [0.4, 0.5) is 0 Å². The minimum Gasteiger partial charge on any atom is -0.507 e. The van der Waals surface area contributed by atoms with E-state index in [1.165, 1.54) is 25.1 Å². The predicted molar refractivity (Wildman–Crippen MR) is 138 cm³/mol. The Labute approximate surface area is 225 Å². The Kier molecular flexibility index (Phi) is 6.76. The van der Waals surface area contributed by atoms with Gasteiger partial charge in [0.05, 0.1) is 23.2 Å². The molecule has 0 bridgehead atoms. The summed E-state index contributed by atoms with van der Waals surface area (Å²) in [5, 5.41) is 21.0. The number of nitriles is 1. The lowest BCUT2D eigenvalue weighted by Crippen LogP contribution is -2.85. The molecule has 0 radical (unpaired) electrons. The van der Waals surface area contributed by atoms with Gasteiger partial charge in [0.2, 0.25) is 5.91 Å². The Morgan fingerprint density at radius 3 is 2.41 bits per heavy atom. The van der Waals surface area contributed by atoms with Gasteiger partial charge in [-0.1, -0.05) is 25.2 Å². The van der Waals surface area contributed by atoms with Crippen LogP contribution in [-0.2, 0) is 25.6 Å². The van der Waals surface area contributed by atoms with Crippen LogP contribution in [0.15, 0.2) is 12.1 Å². The number of rotatable bonds is 4. The number of amides is 1. The Morgan fingerprint density at radius 2 is 1.85 bits per heavy atom. The van der Waals surface area contributed by atoms with Crippen molar-refractivity contribution in [3.05, 3.63) is 28.8 Å². The number of nitrogens with zero attached hydrogens (tertiary/aromatic N) is 2. The summed E-state index contributed by atoms with van der Waals surface area (Å²) in [6, 6.07) is 3.09. The molecular weight excluding hydrogens is 502 g/mol. The molecule has 2 unspecified atom stereocenters. The zero-order chi connectivity index (χ0) is 29.1.